The molecule has 106 valence electrons. The summed E-state index contributed by atoms with van der Waals surface area (Å²) in [5.41, 5.74) is 1.12. The van der Waals surface area contributed by atoms with Crippen molar-refractivity contribution in [3.05, 3.63) is 29.8 Å². The third kappa shape index (κ3) is 3.26. The molecule has 1 aliphatic heterocycles. The van der Waals surface area contributed by atoms with Crippen LogP contribution < -0.4 is 4.74 Å². The first-order chi connectivity index (χ1) is 9.15. The van der Waals surface area contributed by atoms with E-state index in [4.69, 9.17) is 4.74 Å². The number of benzene rings is 1. The Bertz CT molecular complexity index is 411. The molecule has 2 unspecified atom stereocenters. The van der Waals surface area contributed by atoms with E-state index in [0.717, 1.165) is 30.9 Å². The highest BCUT2D eigenvalue weighted by Gasteiger charge is 2.28. The van der Waals surface area contributed by atoms with Gasteiger partial charge in [0.15, 0.2) is 0 Å². The Kier molecular flexibility index (Phi) is 4.80. The molecule has 0 amide bonds. The zero-order valence-corrected chi connectivity index (χ0v) is 12.0. The normalized spacial score (nSPS) is 23.3. The third-order valence-electron chi connectivity index (χ3n) is 3.93. The minimum absolute atomic E-state index is 0.0544. The molecule has 0 spiro atoms. The maximum atomic E-state index is 9.78. The maximum Gasteiger partial charge on any atom is 0.119 e. The van der Waals surface area contributed by atoms with Crippen LogP contribution in [0, 0.1) is 0 Å². The predicted molar refractivity (Wildman–Crippen MR) is 76.5 cm³/mol. The van der Waals surface area contributed by atoms with Gasteiger partial charge in [-0.1, -0.05) is 12.1 Å². The molecule has 0 aromatic heterocycles. The molecule has 1 N–H and O–H groups in total. The second-order valence-corrected chi connectivity index (χ2v) is 5.32. The highest BCUT2D eigenvalue weighted by atomic mass is 16.5. The van der Waals surface area contributed by atoms with Crippen LogP contribution in [0.4, 0.5) is 0 Å². The van der Waals surface area contributed by atoms with Crippen LogP contribution in [0.15, 0.2) is 24.3 Å². The average Bonchev–Trinajstić information content (AvgIpc) is 2.42. The van der Waals surface area contributed by atoms with Crippen LogP contribution >= 0.6 is 0 Å². The highest BCUT2D eigenvalue weighted by molar-refractivity contribution is 5.30. The first kappa shape index (κ1) is 14.3. The van der Waals surface area contributed by atoms with Gasteiger partial charge >= 0.3 is 0 Å². The zero-order valence-electron chi connectivity index (χ0n) is 12.0. The fourth-order valence-corrected chi connectivity index (χ4v) is 2.87. The molecule has 2 rings (SSSR count). The van der Waals surface area contributed by atoms with Crippen LogP contribution in [0.2, 0.25) is 0 Å². The van der Waals surface area contributed by atoms with Crippen molar-refractivity contribution < 1.29 is 9.84 Å². The van der Waals surface area contributed by atoms with E-state index in [1.807, 2.05) is 18.2 Å². The van der Waals surface area contributed by atoms with Crippen LogP contribution in [0.1, 0.15) is 18.5 Å². The van der Waals surface area contributed by atoms with E-state index in [1.54, 1.807) is 7.11 Å². The minimum atomic E-state index is 0.0544. The lowest BCUT2D eigenvalue weighted by molar-refractivity contribution is 0.0341. The number of aliphatic hydroxyl groups excluding tert-OH is 1. The molecule has 4 nitrogen and oxygen atoms in total. The largest absolute Gasteiger partial charge is 0.497 e. The van der Waals surface area contributed by atoms with Gasteiger partial charge < -0.3 is 14.7 Å². The Hall–Kier alpha value is -1.10. The molecule has 2 atom stereocenters. The van der Waals surface area contributed by atoms with Crippen molar-refractivity contribution in [1.82, 2.24) is 9.80 Å². The first-order valence-corrected chi connectivity index (χ1v) is 6.84. The molecule has 1 aromatic rings. The average molecular weight is 264 g/mol. The topological polar surface area (TPSA) is 35.9 Å². The van der Waals surface area contributed by atoms with Crippen LogP contribution in [-0.4, -0.2) is 61.3 Å². The minimum Gasteiger partial charge on any atom is -0.497 e. The van der Waals surface area contributed by atoms with Gasteiger partial charge in [-0.25, -0.2) is 0 Å². The molecule has 1 heterocycles. The summed E-state index contributed by atoms with van der Waals surface area (Å²) < 4.78 is 5.27. The number of ether oxygens (including phenoxy) is 1. The van der Waals surface area contributed by atoms with Crippen molar-refractivity contribution in [1.29, 1.82) is 0 Å². The Morgan fingerprint density at radius 3 is 2.84 bits per heavy atom. The Morgan fingerprint density at radius 2 is 2.21 bits per heavy atom. The van der Waals surface area contributed by atoms with Gasteiger partial charge in [0.05, 0.1) is 19.8 Å². The summed E-state index contributed by atoms with van der Waals surface area (Å²) in [5, 5.41) is 9.78. The van der Waals surface area contributed by atoms with E-state index in [2.05, 4.69) is 29.8 Å². The lowest BCUT2D eigenvalue weighted by Gasteiger charge is -2.42. The van der Waals surface area contributed by atoms with Gasteiger partial charge in [0.1, 0.15) is 5.75 Å². The molecule has 19 heavy (non-hydrogen) atoms. The van der Waals surface area contributed by atoms with E-state index in [0.29, 0.717) is 6.04 Å². The van der Waals surface area contributed by atoms with Crippen molar-refractivity contribution >= 4 is 0 Å². The molecule has 1 aromatic carbocycles. The third-order valence-corrected chi connectivity index (χ3v) is 3.93. The summed E-state index contributed by atoms with van der Waals surface area (Å²) >= 11 is 0. The number of likely N-dealkylation sites (N-methyl/N-ethyl adjacent to an activating group) is 1. The summed E-state index contributed by atoms with van der Waals surface area (Å²) in [6.07, 6.45) is 0. The van der Waals surface area contributed by atoms with Gasteiger partial charge in [-0.15, -0.1) is 0 Å². The first-order valence-electron chi connectivity index (χ1n) is 6.84. The van der Waals surface area contributed by atoms with Crippen LogP contribution in [0.3, 0.4) is 0 Å². The molecule has 0 radical (unpaired) electrons. The number of rotatable bonds is 4. The Labute approximate surface area is 115 Å². The molecule has 1 fully saturated rings. The lowest BCUT2D eigenvalue weighted by atomic mass is 10.0. The van der Waals surface area contributed by atoms with Crippen molar-refractivity contribution in [2.45, 2.75) is 19.0 Å². The number of hydrogen-bond acceptors (Lipinski definition) is 4. The van der Waals surface area contributed by atoms with Crippen LogP contribution in [0.5, 0.6) is 5.75 Å². The van der Waals surface area contributed by atoms with Crippen molar-refractivity contribution in [3.8, 4) is 5.75 Å². The van der Waals surface area contributed by atoms with E-state index in [9.17, 15) is 5.11 Å². The SMILES string of the molecule is COc1cccc(C(CO)N2CCN(C)CC2C)c1. The quantitative estimate of drug-likeness (QED) is 0.891. The lowest BCUT2D eigenvalue weighted by Crippen LogP contribution is -2.52. The summed E-state index contributed by atoms with van der Waals surface area (Å²) in [6.45, 7) is 5.44. The number of methoxy groups -OCH3 is 1. The van der Waals surface area contributed by atoms with Gasteiger partial charge in [0, 0.05) is 25.7 Å². The smallest absolute Gasteiger partial charge is 0.119 e. The summed E-state index contributed by atoms with van der Waals surface area (Å²) in [4.78, 5) is 4.72. The summed E-state index contributed by atoms with van der Waals surface area (Å²) in [5.74, 6) is 0.845. The number of piperazine rings is 1. The zero-order chi connectivity index (χ0) is 13.8. The van der Waals surface area contributed by atoms with Crippen molar-refractivity contribution in [2.24, 2.45) is 0 Å². The molecule has 1 saturated heterocycles. The molecule has 0 aliphatic carbocycles. The van der Waals surface area contributed by atoms with E-state index >= 15 is 0 Å². The predicted octanol–water partition coefficient (Wildman–Crippen LogP) is 1.36. The highest BCUT2D eigenvalue weighted by Crippen LogP contribution is 2.27. The second kappa shape index (κ2) is 6.37. The van der Waals surface area contributed by atoms with Crippen LogP contribution in [0.25, 0.3) is 0 Å². The van der Waals surface area contributed by atoms with Crippen molar-refractivity contribution in [2.75, 3.05) is 40.4 Å². The fourth-order valence-electron chi connectivity index (χ4n) is 2.87. The van der Waals surface area contributed by atoms with Gasteiger partial charge in [0.25, 0.3) is 0 Å². The standard InChI is InChI=1S/C15H24N2O2/c1-12-10-16(2)7-8-17(12)15(11-18)13-5-4-6-14(9-13)19-3/h4-6,9,12,15,18H,7-8,10-11H2,1-3H3. The Balaban J connectivity index is 2.18. The van der Waals surface area contributed by atoms with Gasteiger partial charge in [-0.2, -0.15) is 0 Å². The van der Waals surface area contributed by atoms with E-state index in [-0.39, 0.29) is 12.6 Å². The summed E-state index contributed by atoms with van der Waals surface area (Å²) in [7, 11) is 3.82. The number of nitrogens with zero attached hydrogens (tertiary/aromatic N) is 2. The molecule has 4 heteroatoms. The number of hydrogen-bond donors (Lipinski definition) is 1. The molecule has 0 saturated carbocycles. The van der Waals surface area contributed by atoms with E-state index in [1.165, 1.54) is 0 Å². The monoisotopic (exact) mass is 264 g/mol. The molecule has 1 aliphatic rings. The van der Waals surface area contributed by atoms with Gasteiger partial charge in [0.2, 0.25) is 0 Å². The molecular weight excluding hydrogens is 240 g/mol. The molecule has 0 bridgehead atoms. The maximum absolute atomic E-state index is 9.78. The summed E-state index contributed by atoms with van der Waals surface area (Å²) in [6, 6.07) is 8.50. The fraction of sp³-hybridized carbons (Fsp3) is 0.600. The van der Waals surface area contributed by atoms with Crippen molar-refractivity contribution in [3.63, 3.8) is 0 Å². The second-order valence-electron chi connectivity index (χ2n) is 5.32. The van der Waals surface area contributed by atoms with Crippen LogP contribution in [-0.2, 0) is 0 Å². The Morgan fingerprint density at radius 1 is 1.42 bits per heavy atom. The van der Waals surface area contributed by atoms with Gasteiger partial charge in [-0.05, 0) is 31.7 Å². The number of aliphatic hydroxyl groups is 1. The van der Waals surface area contributed by atoms with E-state index < -0.39 is 0 Å². The molecular formula is C15H24N2O2. The van der Waals surface area contributed by atoms with Gasteiger partial charge in [-0.3, -0.25) is 4.90 Å².